The number of rotatable bonds is 3. The van der Waals surface area contributed by atoms with Crippen LogP contribution in [0.15, 0.2) is 53.6 Å². The van der Waals surface area contributed by atoms with E-state index < -0.39 is 46.7 Å². The lowest BCUT2D eigenvalue weighted by atomic mass is 9.81. The van der Waals surface area contributed by atoms with Gasteiger partial charge in [-0.3, -0.25) is 0 Å². The predicted octanol–water partition coefficient (Wildman–Crippen LogP) is 6.34. The van der Waals surface area contributed by atoms with Crippen LogP contribution in [0.5, 0.6) is 0 Å². The number of hydrogen-bond donors (Lipinski definition) is 3. The Morgan fingerprint density at radius 3 is 1.61 bits per heavy atom. The Kier molecular flexibility index (Phi) is 11.9. The van der Waals surface area contributed by atoms with Gasteiger partial charge in [-0.2, -0.15) is 0 Å². The first-order valence-corrected chi connectivity index (χ1v) is 15.8. The number of carbonyl (C=O) groups excluding carboxylic acids is 2. The molecule has 252 valence electrons. The van der Waals surface area contributed by atoms with Crippen LogP contribution in [0.4, 0.5) is 9.59 Å². The zero-order valence-corrected chi connectivity index (χ0v) is 28.6. The van der Waals surface area contributed by atoms with Gasteiger partial charge in [0, 0.05) is 41.1 Å². The van der Waals surface area contributed by atoms with Gasteiger partial charge >= 0.3 is 12.2 Å². The molecule has 0 spiro atoms. The van der Waals surface area contributed by atoms with Crippen LogP contribution in [-0.4, -0.2) is 81.7 Å². The number of benzene rings is 2. The molecule has 2 aliphatic heterocycles. The van der Waals surface area contributed by atoms with Gasteiger partial charge < -0.3 is 35.2 Å². The number of azide groups is 1. The molecule has 14 heteroatoms. The number of piperidine rings is 2. The summed E-state index contributed by atoms with van der Waals surface area (Å²) in [5.41, 5.74) is 12.6. The van der Waals surface area contributed by atoms with E-state index in [1.807, 2.05) is 20.8 Å². The van der Waals surface area contributed by atoms with E-state index in [0.29, 0.717) is 40.7 Å². The number of halogens is 2. The molecule has 0 saturated carbocycles. The Morgan fingerprint density at radius 2 is 1.22 bits per heavy atom. The molecule has 12 nitrogen and oxygen atoms in total. The van der Waals surface area contributed by atoms with Gasteiger partial charge in [-0.05, 0) is 95.3 Å². The standard InChI is InChI=1S/C16H21ClN4O3.C16H23ClN2O3/c1-15(2,3)24-14(22)21-9-8-16(23,13(10-21)19-20-18)11-4-6-12(17)7-5-11;1-15(2,3)22-14(20)19-9-8-16(21,13(18)10-19)11-4-6-12(17)7-5-11/h4-7,13,23H,8-10H2,1-3H3;4-7,13,21H,8-10,18H2,1-3H3. The van der Waals surface area contributed by atoms with Crippen LogP contribution in [0, 0.1) is 0 Å². The molecule has 2 saturated heterocycles. The third kappa shape index (κ3) is 9.63. The molecule has 0 bridgehead atoms. The highest BCUT2D eigenvalue weighted by Crippen LogP contribution is 2.36. The maximum atomic E-state index is 12.2. The molecule has 4 N–H and O–H groups in total. The number of nitrogens with two attached hydrogens (primary N) is 1. The summed E-state index contributed by atoms with van der Waals surface area (Å²) in [6, 6.07) is 12.3. The molecule has 2 aromatic rings. The SMILES string of the molecule is CC(C)(C)OC(=O)N1CCC(O)(c2ccc(Cl)cc2)C(N)C1.CC(C)(C)OC(=O)N1CCC(O)(c2ccc(Cl)cc2)C(N=[N+]=[N-])C1. The van der Waals surface area contributed by atoms with Gasteiger partial charge in [0.2, 0.25) is 0 Å². The lowest BCUT2D eigenvalue weighted by Gasteiger charge is -2.43. The van der Waals surface area contributed by atoms with E-state index in [1.165, 1.54) is 4.90 Å². The number of aliphatic hydroxyl groups is 2. The van der Waals surface area contributed by atoms with Crippen molar-refractivity contribution < 1.29 is 29.3 Å². The van der Waals surface area contributed by atoms with E-state index >= 15 is 0 Å². The quantitative estimate of drug-likeness (QED) is 0.193. The Bertz CT molecular complexity index is 1410. The van der Waals surface area contributed by atoms with Crippen LogP contribution in [0.3, 0.4) is 0 Å². The summed E-state index contributed by atoms with van der Waals surface area (Å²) in [7, 11) is 0. The Morgan fingerprint density at radius 1 is 0.826 bits per heavy atom. The van der Waals surface area contributed by atoms with E-state index in [2.05, 4.69) is 10.0 Å². The van der Waals surface area contributed by atoms with Gasteiger partial charge in [0.25, 0.3) is 0 Å². The second kappa shape index (κ2) is 14.7. The number of likely N-dealkylation sites (tertiary alicyclic amines) is 2. The second-order valence-electron chi connectivity index (χ2n) is 13.5. The van der Waals surface area contributed by atoms with Gasteiger partial charge in [0.1, 0.15) is 22.4 Å². The predicted molar refractivity (Wildman–Crippen MR) is 176 cm³/mol. The summed E-state index contributed by atoms with van der Waals surface area (Å²) >= 11 is 11.8. The Labute approximate surface area is 280 Å². The minimum Gasteiger partial charge on any atom is -0.444 e. The third-order valence-electron chi connectivity index (χ3n) is 7.68. The third-order valence-corrected chi connectivity index (χ3v) is 8.19. The monoisotopic (exact) mass is 678 g/mol. The summed E-state index contributed by atoms with van der Waals surface area (Å²) in [6.45, 7) is 11.8. The van der Waals surface area contributed by atoms with Crippen LogP contribution in [-0.2, 0) is 20.7 Å². The molecule has 2 aromatic carbocycles. The lowest BCUT2D eigenvalue weighted by molar-refractivity contribution is -0.0507. The molecular formula is C32H44Cl2N6O6. The first-order chi connectivity index (χ1) is 21.3. The minimum absolute atomic E-state index is 0.0814. The second-order valence-corrected chi connectivity index (χ2v) is 14.4. The Balaban J connectivity index is 0.000000251. The summed E-state index contributed by atoms with van der Waals surface area (Å²) in [5, 5.41) is 26.8. The fourth-order valence-electron chi connectivity index (χ4n) is 5.24. The largest absolute Gasteiger partial charge is 0.444 e. The van der Waals surface area contributed by atoms with Crippen molar-refractivity contribution in [3.05, 3.63) is 80.1 Å². The van der Waals surface area contributed by atoms with Gasteiger partial charge in [-0.15, -0.1) is 0 Å². The first-order valence-electron chi connectivity index (χ1n) is 15.0. The fourth-order valence-corrected chi connectivity index (χ4v) is 5.50. The molecule has 0 radical (unpaired) electrons. The molecule has 46 heavy (non-hydrogen) atoms. The van der Waals surface area contributed by atoms with Crippen molar-refractivity contribution in [1.29, 1.82) is 0 Å². The zero-order valence-electron chi connectivity index (χ0n) is 27.1. The molecule has 4 unspecified atom stereocenters. The molecule has 2 amide bonds. The van der Waals surface area contributed by atoms with Gasteiger partial charge in [-0.1, -0.05) is 52.6 Å². The van der Waals surface area contributed by atoms with Crippen molar-refractivity contribution in [1.82, 2.24) is 9.80 Å². The van der Waals surface area contributed by atoms with E-state index in [-0.39, 0.29) is 19.5 Å². The highest BCUT2D eigenvalue weighted by atomic mass is 35.5. The molecule has 4 atom stereocenters. The van der Waals surface area contributed by atoms with Crippen LogP contribution in [0.2, 0.25) is 10.0 Å². The summed E-state index contributed by atoms with van der Waals surface area (Å²) in [4.78, 5) is 30.1. The van der Waals surface area contributed by atoms with Gasteiger partial charge in [-0.25, -0.2) is 9.59 Å². The number of carbonyl (C=O) groups is 2. The highest BCUT2D eigenvalue weighted by molar-refractivity contribution is 6.30. The molecule has 0 aliphatic carbocycles. The van der Waals surface area contributed by atoms with Crippen LogP contribution >= 0.6 is 23.2 Å². The Hall–Kier alpha value is -3.25. The summed E-state index contributed by atoms with van der Waals surface area (Å²) < 4.78 is 10.7. The van der Waals surface area contributed by atoms with Crippen molar-refractivity contribution in [2.45, 2.75) is 88.9 Å². The maximum absolute atomic E-state index is 12.2. The van der Waals surface area contributed by atoms with Gasteiger partial charge in [0.15, 0.2) is 0 Å². The molecule has 2 heterocycles. The number of amides is 2. The minimum atomic E-state index is -1.35. The number of ether oxygens (including phenoxy) is 2. The average molecular weight is 680 g/mol. The molecule has 2 fully saturated rings. The smallest absolute Gasteiger partial charge is 0.410 e. The molecule has 4 rings (SSSR count). The maximum Gasteiger partial charge on any atom is 0.410 e. The van der Waals surface area contributed by atoms with Crippen LogP contribution in [0.25, 0.3) is 10.4 Å². The van der Waals surface area contributed by atoms with Crippen LogP contribution in [0.1, 0.15) is 65.5 Å². The normalized spacial score (nSPS) is 25.0. The van der Waals surface area contributed by atoms with Crippen LogP contribution < -0.4 is 5.73 Å². The van der Waals surface area contributed by atoms with Crippen molar-refractivity contribution in [3.63, 3.8) is 0 Å². The molecular weight excluding hydrogens is 635 g/mol. The van der Waals surface area contributed by atoms with E-state index in [0.717, 1.165) is 0 Å². The molecule has 2 aliphatic rings. The summed E-state index contributed by atoms with van der Waals surface area (Å²) in [5.74, 6) is 0. The van der Waals surface area contributed by atoms with E-state index in [4.69, 9.17) is 43.9 Å². The van der Waals surface area contributed by atoms with Crippen molar-refractivity contribution in [2.24, 2.45) is 10.8 Å². The van der Waals surface area contributed by atoms with Crippen molar-refractivity contribution >= 4 is 35.4 Å². The van der Waals surface area contributed by atoms with E-state index in [9.17, 15) is 19.8 Å². The molecule has 0 aromatic heterocycles. The van der Waals surface area contributed by atoms with E-state index in [1.54, 1.807) is 74.2 Å². The topological polar surface area (TPSA) is 174 Å². The lowest BCUT2D eigenvalue weighted by Crippen LogP contribution is -2.59. The highest BCUT2D eigenvalue weighted by Gasteiger charge is 2.45. The van der Waals surface area contributed by atoms with Crippen molar-refractivity contribution in [3.8, 4) is 0 Å². The number of nitrogens with zero attached hydrogens (tertiary/aromatic N) is 5. The summed E-state index contributed by atoms with van der Waals surface area (Å²) in [6.07, 6.45) is -0.299. The zero-order chi connectivity index (χ0) is 34.5. The fraction of sp³-hybridized carbons (Fsp3) is 0.562. The average Bonchev–Trinajstić information content (AvgIpc) is 2.95. The van der Waals surface area contributed by atoms with Gasteiger partial charge in [0.05, 0.1) is 12.1 Å². The van der Waals surface area contributed by atoms with Crippen molar-refractivity contribution in [2.75, 3.05) is 26.2 Å². The number of hydrogen-bond acceptors (Lipinski definition) is 8. The first kappa shape index (κ1) is 37.2.